The summed E-state index contributed by atoms with van der Waals surface area (Å²) in [6, 6.07) is 3.79. The van der Waals surface area contributed by atoms with Crippen LogP contribution in [0.1, 0.15) is 6.92 Å². The lowest BCUT2D eigenvalue weighted by Crippen LogP contribution is -2.36. The third kappa shape index (κ3) is 3.37. The van der Waals surface area contributed by atoms with E-state index in [1.165, 1.54) is 0 Å². The van der Waals surface area contributed by atoms with Crippen molar-refractivity contribution in [2.45, 2.75) is 12.5 Å². The van der Waals surface area contributed by atoms with Crippen LogP contribution in [-0.4, -0.2) is 43.9 Å². The fraction of sp³-hybridized carbons (Fsp3) is 0.455. The topological polar surface area (TPSA) is 62.5 Å². The standard InChI is InChI=1S/C11H15BrN4OS/c1-11(17,7-18-2)6-13-10-14-9-4-3-8(12)5-16(9)15-10/h3-5,17H,6-7H2,1-2H3,(H,13,15). The molecule has 18 heavy (non-hydrogen) atoms. The summed E-state index contributed by atoms with van der Waals surface area (Å²) in [7, 11) is 0. The molecule has 2 rings (SSSR count). The molecule has 7 heteroatoms. The van der Waals surface area contributed by atoms with Gasteiger partial charge in [-0.05, 0) is 41.2 Å². The Morgan fingerprint density at radius 3 is 3.06 bits per heavy atom. The summed E-state index contributed by atoms with van der Waals surface area (Å²) in [6.45, 7) is 2.22. The third-order valence-corrected chi connectivity index (χ3v) is 3.76. The molecular weight excluding hydrogens is 316 g/mol. The normalized spacial score (nSPS) is 14.7. The molecule has 0 radical (unpaired) electrons. The summed E-state index contributed by atoms with van der Waals surface area (Å²) in [6.07, 6.45) is 3.81. The fourth-order valence-electron chi connectivity index (χ4n) is 1.56. The van der Waals surface area contributed by atoms with Gasteiger partial charge in [0.2, 0.25) is 5.95 Å². The van der Waals surface area contributed by atoms with Crippen molar-refractivity contribution in [2.75, 3.05) is 23.9 Å². The molecule has 2 aromatic rings. The van der Waals surface area contributed by atoms with Crippen LogP contribution < -0.4 is 5.32 Å². The van der Waals surface area contributed by atoms with Gasteiger partial charge in [-0.2, -0.15) is 16.7 Å². The maximum atomic E-state index is 10.0. The van der Waals surface area contributed by atoms with Gasteiger partial charge in [0.25, 0.3) is 0 Å². The number of fused-ring (bicyclic) bond motifs is 1. The van der Waals surface area contributed by atoms with Crippen LogP contribution >= 0.6 is 27.7 Å². The number of thioether (sulfide) groups is 1. The molecule has 0 amide bonds. The average molecular weight is 331 g/mol. The Balaban J connectivity index is 2.08. The van der Waals surface area contributed by atoms with Crippen LogP contribution in [-0.2, 0) is 0 Å². The molecular formula is C11H15BrN4OS. The summed E-state index contributed by atoms with van der Waals surface area (Å²) in [5.41, 5.74) is 0.00232. The maximum Gasteiger partial charge on any atom is 0.243 e. The summed E-state index contributed by atoms with van der Waals surface area (Å²) in [5, 5.41) is 17.4. The van der Waals surface area contributed by atoms with Gasteiger partial charge >= 0.3 is 0 Å². The van der Waals surface area contributed by atoms with Crippen LogP contribution in [0.15, 0.2) is 22.8 Å². The average Bonchev–Trinajstić information content (AvgIpc) is 2.68. The minimum atomic E-state index is -0.766. The number of hydrogen-bond acceptors (Lipinski definition) is 5. The Hall–Kier alpha value is -0.790. The van der Waals surface area contributed by atoms with E-state index in [-0.39, 0.29) is 0 Å². The molecule has 1 atom stereocenters. The van der Waals surface area contributed by atoms with Gasteiger partial charge in [-0.1, -0.05) is 0 Å². The van der Waals surface area contributed by atoms with Gasteiger partial charge in [0.15, 0.2) is 5.65 Å². The first-order valence-electron chi connectivity index (χ1n) is 5.47. The van der Waals surface area contributed by atoms with Gasteiger partial charge in [0.1, 0.15) is 0 Å². The third-order valence-electron chi connectivity index (χ3n) is 2.38. The van der Waals surface area contributed by atoms with E-state index >= 15 is 0 Å². The van der Waals surface area contributed by atoms with E-state index in [9.17, 15) is 5.11 Å². The Morgan fingerprint density at radius 2 is 2.33 bits per heavy atom. The molecule has 2 heterocycles. The van der Waals surface area contributed by atoms with E-state index in [0.717, 1.165) is 10.1 Å². The van der Waals surface area contributed by atoms with Crippen molar-refractivity contribution >= 4 is 39.3 Å². The second-order valence-corrected chi connectivity index (χ2v) is 6.15. The number of pyridine rings is 1. The molecule has 0 fully saturated rings. The number of halogens is 1. The molecule has 1 unspecified atom stereocenters. The summed E-state index contributed by atoms with van der Waals surface area (Å²) >= 11 is 4.99. The van der Waals surface area contributed by atoms with Crippen molar-refractivity contribution in [3.8, 4) is 0 Å². The van der Waals surface area contributed by atoms with Gasteiger partial charge in [-0.3, -0.25) is 0 Å². The van der Waals surface area contributed by atoms with Crippen molar-refractivity contribution in [1.82, 2.24) is 14.6 Å². The van der Waals surface area contributed by atoms with Gasteiger partial charge in [-0.15, -0.1) is 5.10 Å². The second kappa shape index (κ2) is 5.46. The molecule has 5 nitrogen and oxygen atoms in total. The Kier molecular flexibility index (Phi) is 4.14. The molecule has 0 bridgehead atoms. The van der Waals surface area contributed by atoms with Crippen molar-refractivity contribution in [3.63, 3.8) is 0 Å². The Labute approximate surface area is 118 Å². The predicted molar refractivity (Wildman–Crippen MR) is 78.2 cm³/mol. The first-order valence-corrected chi connectivity index (χ1v) is 7.66. The molecule has 0 aliphatic carbocycles. The van der Waals surface area contributed by atoms with Gasteiger partial charge in [-0.25, -0.2) is 4.52 Å². The van der Waals surface area contributed by atoms with Gasteiger partial charge in [0.05, 0.1) is 5.60 Å². The molecule has 0 spiro atoms. The molecule has 98 valence electrons. The largest absolute Gasteiger partial charge is 0.387 e. The first kappa shape index (κ1) is 13.6. The smallest absolute Gasteiger partial charge is 0.243 e. The lowest BCUT2D eigenvalue weighted by molar-refractivity contribution is 0.0995. The zero-order valence-corrected chi connectivity index (χ0v) is 12.6. The molecule has 0 aliphatic heterocycles. The second-order valence-electron chi connectivity index (χ2n) is 4.37. The van der Waals surface area contributed by atoms with Crippen LogP contribution in [0, 0.1) is 0 Å². The predicted octanol–water partition coefficient (Wildman–Crippen LogP) is 2.02. The van der Waals surface area contributed by atoms with E-state index in [1.54, 1.807) is 23.2 Å². The van der Waals surface area contributed by atoms with E-state index < -0.39 is 5.60 Å². The van der Waals surface area contributed by atoms with Gasteiger partial charge < -0.3 is 10.4 Å². The minimum absolute atomic E-state index is 0.423. The number of nitrogens with one attached hydrogen (secondary N) is 1. The Morgan fingerprint density at radius 1 is 1.56 bits per heavy atom. The van der Waals surface area contributed by atoms with Crippen LogP contribution in [0.5, 0.6) is 0 Å². The van der Waals surface area contributed by atoms with E-state index in [1.807, 2.05) is 24.6 Å². The molecule has 2 aromatic heterocycles. The van der Waals surface area contributed by atoms with Crippen LogP contribution in [0.25, 0.3) is 5.65 Å². The number of hydrogen-bond donors (Lipinski definition) is 2. The minimum Gasteiger partial charge on any atom is -0.387 e. The highest BCUT2D eigenvalue weighted by Gasteiger charge is 2.19. The number of aliphatic hydroxyl groups is 1. The number of rotatable bonds is 5. The van der Waals surface area contributed by atoms with E-state index in [2.05, 4.69) is 31.3 Å². The highest BCUT2D eigenvalue weighted by Crippen LogP contribution is 2.14. The first-order chi connectivity index (χ1) is 8.50. The van der Waals surface area contributed by atoms with Crippen molar-refractivity contribution < 1.29 is 5.11 Å². The van der Waals surface area contributed by atoms with E-state index in [0.29, 0.717) is 18.2 Å². The van der Waals surface area contributed by atoms with Crippen LogP contribution in [0.4, 0.5) is 5.95 Å². The van der Waals surface area contributed by atoms with Crippen molar-refractivity contribution in [2.24, 2.45) is 0 Å². The number of aromatic nitrogens is 3. The SMILES string of the molecule is CSCC(C)(O)CNc1nc2ccc(Br)cn2n1. The molecule has 0 saturated heterocycles. The summed E-state index contributed by atoms with van der Waals surface area (Å²) in [4.78, 5) is 4.32. The Bertz CT molecular complexity index is 543. The number of anilines is 1. The molecule has 0 aromatic carbocycles. The summed E-state index contributed by atoms with van der Waals surface area (Å²) < 4.78 is 2.64. The monoisotopic (exact) mass is 330 g/mol. The highest BCUT2D eigenvalue weighted by molar-refractivity contribution is 9.10. The number of nitrogens with zero attached hydrogens (tertiary/aromatic N) is 3. The lowest BCUT2D eigenvalue weighted by Gasteiger charge is -2.21. The van der Waals surface area contributed by atoms with Crippen LogP contribution in [0.2, 0.25) is 0 Å². The maximum absolute atomic E-state index is 10.0. The van der Waals surface area contributed by atoms with Crippen LogP contribution in [0.3, 0.4) is 0 Å². The quantitative estimate of drug-likeness (QED) is 0.878. The zero-order chi connectivity index (χ0) is 13.2. The highest BCUT2D eigenvalue weighted by atomic mass is 79.9. The van der Waals surface area contributed by atoms with Crippen molar-refractivity contribution in [3.05, 3.63) is 22.8 Å². The molecule has 0 aliphatic rings. The van der Waals surface area contributed by atoms with Crippen molar-refractivity contribution in [1.29, 1.82) is 0 Å². The summed E-state index contributed by atoms with van der Waals surface area (Å²) in [5.74, 6) is 1.19. The van der Waals surface area contributed by atoms with Gasteiger partial charge in [0, 0.05) is 23.0 Å². The molecule has 0 saturated carbocycles. The zero-order valence-electron chi connectivity index (χ0n) is 10.2. The lowest BCUT2D eigenvalue weighted by atomic mass is 10.1. The van der Waals surface area contributed by atoms with E-state index in [4.69, 9.17) is 0 Å². The molecule has 2 N–H and O–H groups in total. The fourth-order valence-corrected chi connectivity index (χ4v) is 2.61.